The number of hydrogen-bond donors (Lipinski definition) is 1. The fourth-order valence-electron chi connectivity index (χ4n) is 1.56. The van der Waals surface area contributed by atoms with Crippen molar-refractivity contribution >= 4 is 11.9 Å². The predicted octanol–water partition coefficient (Wildman–Crippen LogP) is -0.643. The summed E-state index contributed by atoms with van der Waals surface area (Å²) in [4.78, 5) is 24.0. The fourth-order valence-corrected chi connectivity index (χ4v) is 1.56. The van der Waals surface area contributed by atoms with E-state index in [4.69, 9.17) is 5.73 Å². The van der Waals surface area contributed by atoms with Crippen molar-refractivity contribution in [1.82, 2.24) is 4.90 Å². The van der Waals surface area contributed by atoms with Crippen molar-refractivity contribution in [2.45, 2.75) is 12.8 Å². The van der Waals surface area contributed by atoms with Crippen molar-refractivity contribution in [3.8, 4) is 0 Å². The van der Waals surface area contributed by atoms with Crippen LogP contribution in [0, 0.1) is 5.92 Å². The summed E-state index contributed by atoms with van der Waals surface area (Å²) in [6.07, 6.45) is 0.775. The lowest BCUT2D eigenvalue weighted by Crippen LogP contribution is -2.31. The lowest BCUT2D eigenvalue weighted by molar-refractivity contribution is -0.146. The monoisotopic (exact) mass is 200 g/mol. The van der Waals surface area contributed by atoms with Crippen LogP contribution in [0.15, 0.2) is 0 Å². The maximum atomic E-state index is 11.5. The SMILES string of the molecule is COC(=O)CC(=O)N1CCC(CN)C1. The van der Waals surface area contributed by atoms with Gasteiger partial charge < -0.3 is 15.4 Å². The molecule has 0 spiro atoms. The van der Waals surface area contributed by atoms with Crippen LogP contribution in [0.25, 0.3) is 0 Å². The molecule has 5 heteroatoms. The number of amides is 1. The highest BCUT2D eigenvalue weighted by Gasteiger charge is 2.26. The molecule has 1 amide bonds. The number of likely N-dealkylation sites (tertiary alicyclic amines) is 1. The summed E-state index contributed by atoms with van der Waals surface area (Å²) in [7, 11) is 1.28. The van der Waals surface area contributed by atoms with E-state index >= 15 is 0 Å². The van der Waals surface area contributed by atoms with Gasteiger partial charge in [-0.25, -0.2) is 0 Å². The van der Waals surface area contributed by atoms with Crippen LogP contribution in [0.5, 0.6) is 0 Å². The van der Waals surface area contributed by atoms with Crippen LogP contribution in [-0.4, -0.2) is 43.5 Å². The molecule has 1 atom stereocenters. The molecule has 0 aromatic rings. The van der Waals surface area contributed by atoms with E-state index < -0.39 is 5.97 Å². The second kappa shape index (κ2) is 4.95. The molecule has 0 saturated carbocycles. The zero-order valence-electron chi connectivity index (χ0n) is 8.36. The van der Waals surface area contributed by atoms with Crippen molar-refractivity contribution in [3.05, 3.63) is 0 Å². The number of methoxy groups -OCH3 is 1. The molecule has 1 aliphatic heterocycles. The molecule has 5 nitrogen and oxygen atoms in total. The molecular formula is C9H16N2O3. The van der Waals surface area contributed by atoms with E-state index in [0.717, 1.165) is 6.42 Å². The molecule has 1 unspecified atom stereocenters. The molecule has 0 bridgehead atoms. The Balaban J connectivity index is 2.35. The minimum absolute atomic E-state index is 0.159. The summed E-state index contributed by atoms with van der Waals surface area (Å²) in [5, 5.41) is 0. The molecule has 0 aromatic carbocycles. The summed E-state index contributed by atoms with van der Waals surface area (Å²) in [5.74, 6) is -0.254. The van der Waals surface area contributed by atoms with Gasteiger partial charge in [0.1, 0.15) is 6.42 Å². The minimum atomic E-state index is -0.480. The van der Waals surface area contributed by atoms with E-state index in [-0.39, 0.29) is 12.3 Å². The van der Waals surface area contributed by atoms with Crippen LogP contribution in [0.2, 0.25) is 0 Å². The van der Waals surface area contributed by atoms with E-state index in [1.165, 1.54) is 7.11 Å². The van der Waals surface area contributed by atoms with Gasteiger partial charge in [0.15, 0.2) is 0 Å². The third kappa shape index (κ3) is 2.70. The lowest BCUT2D eigenvalue weighted by Gasteiger charge is -2.15. The van der Waals surface area contributed by atoms with Crippen LogP contribution in [0.3, 0.4) is 0 Å². The molecule has 2 N–H and O–H groups in total. The van der Waals surface area contributed by atoms with Crippen LogP contribution in [0.4, 0.5) is 0 Å². The smallest absolute Gasteiger partial charge is 0.315 e. The first kappa shape index (κ1) is 11.0. The highest BCUT2D eigenvalue weighted by Crippen LogP contribution is 2.15. The molecule has 0 aromatic heterocycles. The topological polar surface area (TPSA) is 72.6 Å². The van der Waals surface area contributed by atoms with Gasteiger partial charge in [-0.3, -0.25) is 9.59 Å². The molecule has 14 heavy (non-hydrogen) atoms. The standard InChI is InChI=1S/C9H16N2O3/c1-14-9(13)4-8(12)11-3-2-7(5-10)6-11/h7H,2-6,10H2,1H3. The quantitative estimate of drug-likeness (QED) is 0.485. The maximum Gasteiger partial charge on any atom is 0.315 e. The van der Waals surface area contributed by atoms with E-state index in [1.807, 2.05) is 0 Å². The molecule has 1 saturated heterocycles. The van der Waals surface area contributed by atoms with Crippen molar-refractivity contribution in [2.75, 3.05) is 26.7 Å². The predicted molar refractivity (Wildman–Crippen MR) is 50.4 cm³/mol. The first-order valence-electron chi connectivity index (χ1n) is 4.72. The Bertz CT molecular complexity index is 230. The Morgan fingerprint density at radius 3 is 2.79 bits per heavy atom. The first-order valence-corrected chi connectivity index (χ1v) is 4.72. The summed E-state index contributed by atoms with van der Waals surface area (Å²) in [5.41, 5.74) is 5.49. The lowest BCUT2D eigenvalue weighted by atomic mass is 10.1. The van der Waals surface area contributed by atoms with Crippen molar-refractivity contribution in [1.29, 1.82) is 0 Å². The molecule has 0 radical (unpaired) electrons. The van der Waals surface area contributed by atoms with Crippen molar-refractivity contribution in [3.63, 3.8) is 0 Å². The van der Waals surface area contributed by atoms with Crippen LogP contribution in [-0.2, 0) is 14.3 Å². The number of carbonyl (C=O) groups excluding carboxylic acids is 2. The number of hydrogen-bond acceptors (Lipinski definition) is 4. The minimum Gasteiger partial charge on any atom is -0.469 e. The van der Waals surface area contributed by atoms with Gasteiger partial charge in [0.05, 0.1) is 7.11 Å². The van der Waals surface area contributed by atoms with Gasteiger partial charge >= 0.3 is 5.97 Å². The third-order valence-electron chi connectivity index (χ3n) is 2.50. The number of carbonyl (C=O) groups is 2. The van der Waals surface area contributed by atoms with Crippen LogP contribution in [0.1, 0.15) is 12.8 Å². The largest absolute Gasteiger partial charge is 0.469 e. The zero-order chi connectivity index (χ0) is 10.6. The highest BCUT2D eigenvalue weighted by molar-refractivity contribution is 5.94. The second-order valence-electron chi connectivity index (χ2n) is 3.48. The maximum absolute atomic E-state index is 11.5. The van der Waals surface area contributed by atoms with Gasteiger partial charge in [-0.15, -0.1) is 0 Å². The molecule has 0 aliphatic carbocycles. The molecule has 1 heterocycles. The van der Waals surface area contributed by atoms with Gasteiger partial charge in [-0.1, -0.05) is 0 Å². The second-order valence-corrected chi connectivity index (χ2v) is 3.48. The summed E-state index contributed by atoms with van der Waals surface area (Å²) >= 11 is 0. The average molecular weight is 200 g/mol. The van der Waals surface area contributed by atoms with Gasteiger partial charge in [0.25, 0.3) is 0 Å². The van der Waals surface area contributed by atoms with E-state index in [0.29, 0.717) is 25.6 Å². The van der Waals surface area contributed by atoms with E-state index in [1.54, 1.807) is 4.90 Å². The van der Waals surface area contributed by atoms with Crippen molar-refractivity contribution < 1.29 is 14.3 Å². The third-order valence-corrected chi connectivity index (χ3v) is 2.50. The molecule has 1 aliphatic rings. The number of rotatable bonds is 3. The Morgan fingerprint density at radius 1 is 1.57 bits per heavy atom. The molecule has 1 rings (SSSR count). The van der Waals surface area contributed by atoms with Gasteiger partial charge in [0, 0.05) is 13.1 Å². The average Bonchev–Trinajstić information content (AvgIpc) is 2.65. The number of nitrogens with two attached hydrogens (primary N) is 1. The first-order chi connectivity index (χ1) is 6.67. The Labute approximate surface area is 83.2 Å². The summed E-state index contributed by atoms with van der Waals surface area (Å²) in [6, 6.07) is 0. The van der Waals surface area contributed by atoms with Crippen molar-refractivity contribution in [2.24, 2.45) is 11.7 Å². The number of ether oxygens (including phenoxy) is 1. The fraction of sp³-hybridized carbons (Fsp3) is 0.778. The molecular weight excluding hydrogens is 184 g/mol. The molecule has 1 fully saturated rings. The van der Waals surface area contributed by atoms with Gasteiger partial charge in [-0.05, 0) is 18.9 Å². The Morgan fingerprint density at radius 2 is 2.29 bits per heavy atom. The number of nitrogens with zero attached hydrogens (tertiary/aromatic N) is 1. The van der Waals surface area contributed by atoms with Gasteiger partial charge in [0.2, 0.25) is 5.91 Å². The number of esters is 1. The zero-order valence-corrected chi connectivity index (χ0v) is 8.36. The van der Waals surface area contributed by atoms with Crippen LogP contribution >= 0.6 is 0 Å². The summed E-state index contributed by atoms with van der Waals surface area (Å²) in [6.45, 7) is 1.98. The van der Waals surface area contributed by atoms with E-state index in [2.05, 4.69) is 4.74 Å². The van der Waals surface area contributed by atoms with E-state index in [9.17, 15) is 9.59 Å². The van der Waals surface area contributed by atoms with Crippen LogP contribution < -0.4 is 5.73 Å². The normalized spacial score (nSPS) is 21.0. The highest BCUT2D eigenvalue weighted by atomic mass is 16.5. The Kier molecular flexibility index (Phi) is 3.88. The van der Waals surface area contributed by atoms with Gasteiger partial charge in [-0.2, -0.15) is 0 Å². The Hall–Kier alpha value is -1.10. The summed E-state index contributed by atoms with van der Waals surface area (Å²) < 4.78 is 4.42. The molecule has 80 valence electrons.